The van der Waals surface area contributed by atoms with Gasteiger partial charge in [0, 0.05) is 9.35 Å². The number of hydrogen-bond donors (Lipinski definition) is 0. The van der Waals surface area contributed by atoms with E-state index in [1.807, 2.05) is 41.8 Å². The van der Waals surface area contributed by atoms with Crippen LogP contribution in [0.4, 0.5) is 4.79 Å². The third kappa shape index (κ3) is 3.12. The van der Waals surface area contributed by atoms with E-state index in [0.29, 0.717) is 4.91 Å². The molecule has 6 heteroatoms. The van der Waals surface area contributed by atoms with Gasteiger partial charge in [0.1, 0.15) is 0 Å². The lowest BCUT2D eigenvalue weighted by molar-refractivity contribution is -0.123. The van der Waals surface area contributed by atoms with Crippen LogP contribution in [0.2, 0.25) is 0 Å². The highest BCUT2D eigenvalue weighted by molar-refractivity contribution is 9.10. The summed E-state index contributed by atoms with van der Waals surface area (Å²) in [5, 5.41) is 1.72. The summed E-state index contributed by atoms with van der Waals surface area (Å²) < 4.78 is 0.895. The summed E-state index contributed by atoms with van der Waals surface area (Å²) in [7, 11) is 0. The van der Waals surface area contributed by atoms with E-state index < -0.39 is 0 Å². The molecule has 1 aliphatic heterocycles. The van der Waals surface area contributed by atoms with Crippen LogP contribution in [0, 0.1) is 0 Å². The second kappa shape index (κ2) is 6.17. The molecule has 2 aromatic rings. The lowest BCUT2D eigenvalue weighted by Crippen LogP contribution is -2.27. The number of thioether (sulfide) groups is 1. The minimum absolute atomic E-state index is 0.224. The number of rotatable bonds is 3. The highest BCUT2D eigenvalue weighted by Crippen LogP contribution is 2.34. The van der Waals surface area contributed by atoms with Crippen molar-refractivity contribution in [3.8, 4) is 0 Å². The Morgan fingerprint density at radius 3 is 2.67 bits per heavy atom. The van der Waals surface area contributed by atoms with Crippen molar-refractivity contribution in [3.63, 3.8) is 0 Å². The van der Waals surface area contributed by atoms with Crippen LogP contribution in [-0.4, -0.2) is 16.0 Å². The Balaban J connectivity index is 1.83. The summed E-state index contributed by atoms with van der Waals surface area (Å²) in [4.78, 5) is 27.2. The molecule has 0 N–H and O–H groups in total. The minimum Gasteiger partial charge on any atom is -0.268 e. The predicted octanol–water partition coefficient (Wildman–Crippen LogP) is 4.75. The maximum absolute atomic E-state index is 12.4. The van der Waals surface area contributed by atoms with Gasteiger partial charge in [-0.15, -0.1) is 11.3 Å². The number of nitrogens with zero attached hydrogens (tertiary/aromatic N) is 1. The molecule has 0 aliphatic carbocycles. The number of hydrogen-bond acceptors (Lipinski definition) is 4. The second-order valence-electron chi connectivity index (χ2n) is 4.37. The lowest BCUT2D eigenvalue weighted by atomic mass is 10.2. The Bertz CT molecular complexity index is 725. The molecule has 1 aliphatic rings. The molecule has 0 spiro atoms. The van der Waals surface area contributed by atoms with Crippen molar-refractivity contribution in [1.82, 2.24) is 4.90 Å². The van der Waals surface area contributed by atoms with Crippen molar-refractivity contribution in [2.24, 2.45) is 0 Å². The average Bonchev–Trinajstić information content (AvgIpc) is 3.05. The van der Waals surface area contributed by atoms with Gasteiger partial charge in [0.15, 0.2) is 0 Å². The van der Waals surface area contributed by atoms with Gasteiger partial charge in [-0.05, 0) is 40.9 Å². The van der Waals surface area contributed by atoms with E-state index in [1.54, 1.807) is 17.4 Å². The van der Waals surface area contributed by atoms with E-state index in [9.17, 15) is 9.59 Å². The van der Waals surface area contributed by atoms with Crippen LogP contribution in [0.25, 0.3) is 6.08 Å². The summed E-state index contributed by atoms with van der Waals surface area (Å²) in [6.45, 7) is 0.286. The minimum atomic E-state index is -0.228. The molecule has 1 aromatic heterocycles. The van der Waals surface area contributed by atoms with Crippen LogP contribution >= 0.6 is 39.0 Å². The van der Waals surface area contributed by atoms with Gasteiger partial charge in [-0.2, -0.15) is 0 Å². The SMILES string of the molecule is O=C1SC(=Cc2cccs2)C(=O)N1Cc1ccccc1Br. The topological polar surface area (TPSA) is 37.4 Å². The van der Waals surface area contributed by atoms with Crippen LogP contribution in [-0.2, 0) is 11.3 Å². The fourth-order valence-electron chi connectivity index (χ4n) is 1.94. The van der Waals surface area contributed by atoms with Gasteiger partial charge < -0.3 is 0 Å². The molecule has 3 rings (SSSR count). The molecule has 3 nitrogen and oxygen atoms in total. The van der Waals surface area contributed by atoms with Crippen molar-refractivity contribution in [1.29, 1.82) is 0 Å². The standard InChI is InChI=1S/C15H10BrNO2S2/c16-12-6-2-1-4-10(12)9-17-14(18)13(21-15(17)19)8-11-5-3-7-20-11/h1-8H,9H2. The third-order valence-corrected chi connectivity index (χ3v) is 5.48. The lowest BCUT2D eigenvalue weighted by Gasteiger charge is -2.13. The van der Waals surface area contributed by atoms with Gasteiger partial charge in [-0.3, -0.25) is 14.5 Å². The maximum atomic E-state index is 12.4. The first-order valence-corrected chi connectivity index (χ1v) is 8.66. The quantitative estimate of drug-likeness (QED) is 0.722. The number of amides is 2. The third-order valence-electron chi connectivity index (χ3n) is 2.98. The average molecular weight is 380 g/mol. The highest BCUT2D eigenvalue weighted by atomic mass is 79.9. The smallest absolute Gasteiger partial charge is 0.268 e. The maximum Gasteiger partial charge on any atom is 0.293 e. The van der Waals surface area contributed by atoms with Crippen molar-refractivity contribution >= 4 is 56.3 Å². The normalized spacial score (nSPS) is 17.0. The van der Waals surface area contributed by atoms with Crippen LogP contribution in [0.3, 0.4) is 0 Å². The first-order valence-electron chi connectivity index (χ1n) is 6.17. The molecule has 1 fully saturated rings. The zero-order valence-corrected chi connectivity index (χ0v) is 14.0. The van der Waals surface area contributed by atoms with E-state index >= 15 is 0 Å². The van der Waals surface area contributed by atoms with Gasteiger partial charge in [0.2, 0.25) is 0 Å². The van der Waals surface area contributed by atoms with Crippen LogP contribution in [0.5, 0.6) is 0 Å². The first-order chi connectivity index (χ1) is 10.1. The van der Waals surface area contributed by atoms with Gasteiger partial charge in [0.05, 0.1) is 11.4 Å². The van der Waals surface area contributed by atoms with Gasteiger partial charge >= 0.3 is 0 Å². The molecule has 0 saturated carbocycles. The van der Waals surface area contributed by atoms with Gasteiger partial charge in [-0.25, -0.2) is 0 Å². The number of carbonyl (C=O) groups is 2. The fraction of sp³-hybridized carbons (Fsp3) is 0.0667. The Morgan fingerprint density at radius 2 is 1.95 bits per heavy atom. The van der Waals surface area contributed by atoms with Gasteiger partial charge in [-0.1, -0.05) is 40.2 Å². The predicted molar refractivity (Wildman–Crippen MR) is 90.0 cm³/mol. The molecule has 2 heterocycles. The molecule has 0 unspecified atom stereocenters. The Morgan fingerprint density at radius 1 is 1.14 bits per heavy atom. The summed E-state index contributed by atoms with van der Waals surface area (Å²) in [6.07, 6.45) is 1.77. The van der Waals surface area contributed by atoms with Gasteiger partial charge in [0.25, 0.3) is 11.1 Å². The summed E-state index contributed by atoms with van der Waals surface area (Å²) in [5.41, 5.74) is 0.914. The molecule has 2 amide bonds. The first kappa shape index (κ1) is 14.6. The molecule has 0 atom stereocenters. The molecular weight excluding hydrogens is 370 g/mol. The van der Waals surface area contributed by atoms with E-state index in [-0.39, 0.29) is 17.7 Å². The summed E-state index contributed by atoms with van der Waals surface area (Å²) >= 11 is 5.97. The van der Waals surface area contributed by atoms with Crippen LogP contribution in [0.15, 0.2) is 51.2 Å². The van der Waals surface area contributed by atoms with Crippen molar-refractivity contribution in [2.45, 2.75) is 6.54 Å². The Kier molecular flexibility index (Phi) is 4.28. The van der Waals surface area contributed by atoms with Crippen molar-refractivity contribution in [2.75, 3.05) is 0 Å². The monoisotopic (exact) mass is 379 g/mol. The van der Waals surface area contributed by atoms with Crippen LogP contribution in [0.1, 0.15) is 10.4 Å². The van der Waals surface area contributed by atoms with E-state index in [4.69, 9.17) is 0 Å². The zero-order valence-electron chi connectivity index (χ0n) is 10.8. The highest BCUT2D eigenvalue weighted by Gasteiger charge is 2.35. The number of carbonyl (C=O) groups excluding carboxylic acids is 2. The van der Waals surface area contributed by atoms with Crippen molar-refractivity contribution < 1.29 is 9.59 Å². The Hall–Kier alpha value is -1.37. The molecule has 1 saturated heterocycles. The van der Waals surface area contributed by atoms with E-state index in [0.717, 1.165) is 26.7 Å². The molecule has 0 bridgehead atoms. The molecule has 0 radical (unpaired) electrons. The number of halogens is 1. The van der Waals surface area contributed by atoms with E-state index in [2.05, 4.69) is 15.9 Å². The number of imide groups is 1. The number of benzene rings is 1. The van der Waals surface area contributed by atoms with E-state index in [1.165, 1.54) is 4.90 Å². The van der Waals surface area contributed by atoms with Crippen LogP contribution < -0.4 is 0 Å². The zero-order chi connectivity index (χ0) is 14.8. The molecular formula is C15H10BrNO2S2. The second-order valence-corrected chi connectivity index (χ2v) is 7.20. The number of thiophene rings is 1. The largest absolute Gasteiger partial charge is 0.293 e. The molecule has 1 aromatic carbocycles. The Labute approximate surface area is 138 Å². The summed E-state index contributed by atoms with van der Waals surface area (Å²) in [5.74, 6) is -0.228. The van der Waals surface area contributed by atoms with Crippen molar-refractivity contribution in [3.05, 3.63) is 61.6 Å². The molecule has 106 valence electrons. The fourth-order valence-corrected chi connectivity index (χ4v) is 3.91. The molecule has 21 heavy (non-hydrogen) atoms. The summed E-state index contributed by atoms with van der Waals surface area (Å²) in [6, 6.07) is 11.4.